The molecule has 2 aliphatic carbocycles. The van der Waals surface area contributed by atoms with Gasteiger partial charge in [0.2, 0.25) is 0 Å². The van der Waals surface area contributed by atoms with E-state index >= 15 is 0 Å². The van der Waals surface area contributed by atoms with Gasteiger partial charge in [-0.15, -0.1) is 0 Å². The number of hydrogen-bond donors (Lipinski definition) is 1. The molecule has 0 bridgehead atoms. The Balaban J connectivity index is 1.53. The minimum Gasteiger partial charge on any atom is -0.349 e. The van der Waals surface area contributed by atoms with E-state index in [1.54, 1.807) is 0 Å². The molecule has 2 saturated carbocycles. The van der Waals surface area contributed by atoms with E-state index in [-0.39, 0.29) is 28.1 Å². The number of rotatable bonds is 4. The quantitative estimate of drug-likeness (QED) is 0.500. The number of pyridine rings is 1. The van der Waals surface area contributed by atoms with Gasteiger partial charge in [0.1, 0.15) is 17.4 Å². The van der Waals surface area contributed by atoms with Gasteiger partial charge in [-0.2, -0.15) is 18.4 Å². The Morgan fingerprint density at radius 1 is 1.23 bits per heavy atom. The van der Waals surface area contributed by atoms with E-state index in [1.807, 2.05) is 0 Å². The first-order chi connectivity index (χ1) is 16.6. The first-order valence-corrected chi connectivity index (χ1v) is 11.2. The van der Waals surface area contributed by atoms with Gasteiger partial charge in [-0.1, -0.05) is 0 Å². The number of nitrogens with one attached hydrogen (secondary N) is 1. The number of benzene rings is 1. The van der Waals surface area contributed by atoms with Gasteiger partial charge < -0.3 is 10.2 Å². The molecule has 0 unspecified atom stereocenters. The van der Waals surface area contributed by atoms with Gasteiger partial charge in [-0.05, 0) is 68.6 Å². The molecule has 1 spiro atoms. The van der Waals surface area contributed by atoms with Crippen molar-refractivity contribution in [2.24, 2.45) is 0 Å². The Hall–Kier alpha value is -3.59. The molecule has 2 aromatic rings. The fourth-order valence-electron chi connectivity index (χ4n) is 4.41. The van der Waals surface area contributed by atoms with Crippen molar-refractivity contribution in [2.75, 3.05) is 9.80 Å². The van der Waals surface area contributed by atoms with Crippen molar-refractivity contribution in [3.8, 4) is 6.07 Å². The largest absolute Gasteiger partial charge is 0.419 e. The third kappa shape index (κ3) is 3.70. The third-order valence-electron chi connectivity index (χ3n) is 6.50. The zero-order valence-corrected chi connectivity index (χ0v) is 18.8. The summed E-state index contributed by atoms with van der Waals surface area (Å²) in [7, 11) is 0. The molecule has 3 aliphatic rings. The van der Waals surface area contributed by atoms with Crippen LogP contribution in [0.15, 0.2) is 30.5 Å². The maximum atomic E-state index is 14.9. The molecule has 35 heavy (non-hydrogen) atoms. The van der Waals surface area contributed by atoms with E-state index < -0.39 is 40.6 Å². The molecule has 5 rings (SSSR count). The maximum Gasteiger partial charge on any atom is 0.419 e. The molecule has 1 aromatic carbocycles. The van der Waals surface area contributed by atoms with Gasteiger partial charge in [0.15, 0.2) is 10.8 Å². The number of carbonyl (C=O) groups excluding carboxylic acids is 2. The number of hydrogen-bond acceptors (Lipinski definition) is 5. The van der Waals surface area contributed by atoms with Crippen molar-refractivity contribution in [2.45, 2.75) is 49.9 Å². The van der Waals surface area contributed by atoms with Crippen molar-refractivity contribution in [3.05, 3.63) is 53.1 Å². The summed E-state index contributed by atoms with van der Waals surface area (Å²) in [5.74, 6) is -1.90. The summed E-state index contributed by atoms with van der Waals surface area (Å²) < 4.78 is 55.4. The molecule has 1 aliphatic heterocycles. The predicted octanol–water partition coefficient (Wildman–Crippen LogP) is 4.06. The molecular weight excluding hydrogens is 486 g/mol. The Labute approximate surface area is 202 Å². The zero-order valence-electron chi connectivity index (χ0n) is 18.0. The minimum absolute atomic E-state index is 0.0415. The summed E-state index contributed by atoms with van der Waals surface area (Å²) in [6.07, 6.45) is -0.801. The summed E-state index contributed by atoms with van der Waals surface area (Å²) in [6, 6.07) is 5.97. The second-order valence-corrected chi connectivity index (χ2v) is 9.12. The van der Waals surface area contributed by atoms with Gasteiger partial charge in [-0.3, -0.25) is 14.5 Å². The lowest BCUT2D eigenvalue weighted by Crippen LogP contribution is -2.55. The molecule has 1 aromatic heterocycles. The third-order valence-corrected chi connectivity index (χ3v) is 6.87. The summed E-state index contributed by atoms with van der Waals surface area (Å²) in [6.45, 7) is 0. The summed E-state index contributed by atoms with van der Waals surface area (Å²) >= 11 is 5.50. The maximum absolute atomic E-state index is 14.9. The molecule has 1 N–H and O–H groups in total. The van der Waals surface area contributed by atoms with Gasteiger partial charge in [0, 0.05) is 11.7 Å². The number of anilines is 2. The Bertz CT molecular complexity index is 1310. The number of aromatic nitrogens is 1. The first kappa shape index (κ1) is 23.2. The Morgan fingerprint density at radius 3 is 2.49 bits per heavy atom. The van der Waals surface area contributed by atoms with E-state index in [0.717, 1.165) is 30.0 Å². The van der Waals surface area contributed by atoms with Crippen molar-refractivity contribution < 1.29 is 27.2 Å². The molecule has 3 fully saturated rings. The lowest BCUT2D eigenvalue weighted by molar-refractivity contribution is -0.138. The van der Waals surface area contributed by atoms with Crippen LogP contribution in [0.2, 0.25) is 0 Å². The highest BCUT2D eigenvalue weighted by atomic mass is 32.1. The van der Waals surface area contributed by atoms with Crippen LogP contribution in [0, 0.1) is 17.1 Å². The van der Waals surface area contributed by atoms with Gasteiger partial charge >= 0.3 is 6.18 Å². The number of amides is 2. The summed E-state index contributed by atoms with van der Waals surface area (Å²) in [5.41, 5.74) is -3.46. The minimum atomic E-state index is -4.87. The molecule has 12 heteroatoms. The van der Waals surface area contributed by atoms with Gasteiger partial charge in [0.05, 0.1) is 23.0 Å². The number of nitrogens with zero attached hydrogens (tertiary/aromatic N) is 4. The van der Waals surface area contributed by atoms with E-state index in [1.165, 1.54) is 23.1 Å². The van der Waals surface area contributed by atoms with Gasteiger partial charge in [0.25, 0.3) is 11.8 Å². The average Bonchev–Trinajstić information content (AvgIpc) is 3.55. The monoisotopic (exact) mass is 503 g/mol. The number of carbonyl (C=O) groups is 2. The van der Waals surface area contributed by atoms with Gasteiger partial charge in [-0.25, -0.2) is 9.37 Å². The number of nitriles is 1. The molecule has 0 radical (unpaired) electrons. The smallest absolute Gasteiger partial charge is 0.349 e. The lowest BCUT2D eigenvalue weighted by Gasteiger charge is -2.43. The van der Waals surface area contributed by atoms with E-state index in [2.05, 4.69) is 10.3 Å². The van der Waals surface area contributed by atoms with Crippen LogP contribution in [-0.2, 0) is 11.0 Å². The fourth-order valence-corrected chi connectivity index (χ4v) is 4.88. The van der Waals surface area contributed by atoms with Crippen LogP contribution in [0.25, 0.3) is 0 Å². The fraction of sp³-hybridized carbons (Fsp3) is 0.348. The Kier molecular flexibility index (Phi) is 5.28. The average molecular weight is 503 g/mol. The van der Waals surface area contributed by atoms with Crippen molar-refractivity contribution in [3.63, 3.8) is 0 Å². The highest BCUT2D eigenvalue weighted by Gasteiger charge is 2.60. The summed E-state index contributed by atoms with van der Waals surface area (Å²) in [5, 5.41) is 11.6. The highest BCUT2D eigenvalue weighted by Crippen LogP contribution is 2.48. The SMILES string of the molecule is N#Cc1ncc(N2C(=O)C3(CCC3)N(c3ccc(C(=O)NC4CC4)c(F)c3)C2=S)cc1C(F)(F)F. The lowest BCUT2D eigenvalue weighted by atomic mass is 9.75. The molecule has 2 amide bonds. The zero-order chi connectivity index (χ0) is 25.1. The Morgan fingerprint density at radius 2 is 1.94 bits per heavy atom. The van der Waals surface area contributed by atoms with Crippen LogP contribution >= 0.6 is 12.2 Å². The normalized spacial score (nSPS) is 19.1. The molecule has 2 heterocycles. The van der Waals surface area contributed by atoms with E-state index in [9.17, 15) is 27.2 Å². The second-order valence-electron chi connectivity index (χ2n) is 8.75. The molecule has 180 valence electrons. The number of alkyl halides is 3. The van der Waals surface area contributed by atoms with Crippen LogP contribution in [0.1, 0.15) is 53.7 Å². The van der Waals surface area contributed by atoms with Crippen LogP contribution in [0.3, 0.4) is 0 Å². The topological polar surface area (TPSA) is 89.3 Å². The molecule has 0 atom stereocenters. The van der Waals surface area contributed by atoms with Crippen molar-refractivity contribution in [1.82, 2.24) is 10.3 Å². The predicted molar refractivity (Wildman–Crippen MR) is 120 cm³/mol. The second kappa shape index (κ2) is 7.98. The number of thiocarbonyl (C=S) groups is 1. The molecule has 7 nitrogen and oxygen atoms in total. The van der Waals surface area contributed by atoms with E-state index in [4.69, 9.17) is 17.5 Å². The van der Waals surface area contributed by atoms with Crippen LogP contribution in [0.5, 0.6) is 0 Å². The van der Waals surface area contributed by atoms with Crippen LogP contribution in [-0.4, -0.2) is 33.5 Å². The van der Waals surface area contributed by atoms with Crippen molar-refractivity contribution in [1.29, 1.82) is 5.26 Å². The summed E-state index contributed by atoms with van der Waals surface area (Å²) in [4.78, 5) is 31.7. The standard InChI is InChI=1S/C23H17F4N5O2S/c24-17-9-13(4-5-15(17)19(33)30-12-2-3-12)32-21(35)31(20(34)22(32)6-1-7-22)14-8-16(23(25,26)27)18(10-28)29-11-14/h4-5,8-9,11-12H,1-3,6-7H2,(H,30,33). The number of halogens is 4. The van der Waals surface area contributed by atoms with Crippen molar-refractivity contribution >= 4 is 40.5 Å². The van der Waals surface area contributed by atoms with Crippen LogP contribution < -0.4 is 15.1 Å². The molecular formula is C23H17F4N5O2S. The first-order valence-electron chi connectivity index (χ1n) is 10.8. The van der Waals surface area contributed by atoms with Crippen LogP contribution in [0.4, 0.5) is 28.9 Å². The highest BCUT2D eigenvalue weighted by molar-refractivity contribution is 7.81. The molecule has 1 saturated heterocycles. The van der Waals surface area contributed by atoms with E-state index in [0.29, 0.717) is 25.3 Å².